The van der Waals surface area contributed by atoms with Gasteiger partial charge in [-0.15, -0.1) is 0 Å². The van der Waals surface area contributed by atoms with Crippen LogP contribution in [0.4, 0.5) is 8.78 Å². The van der Waals surface area contributed by atoms with Gasteiger partial charge in [0.15, 0.2) is 0 Å². The van der Waals surface area contributed by atoms with E-state index in [1.807, 2.05) is 30.3 Å². The van der Waals surface area contributed by atoms with Crippen LogP contribution in [0.25, 0.3) is 0 Å². The number of hydrogen-bond acceptors (Lipinski definition) is 2. The van der Waals surface area contributed by atoms with Gasteiger partial charge in [0, 0.05) is 24.1 Å². The molecule has 0 saturated heterocycles. The molecule has 0 aliphatic heterocycles. The minimum Gasteiger partial charge on any atom is -0.393 e. The smallest absolute Gasteiger partial charge is 0.251 e. The Morgan fingerprint density at radius 2 is 1.74 bits per heavy atom. The first-order chi connectivity index (χ1) is 11.0. The molecule has 3 nitrogen and oxygen atoms in total. The minimum absolute atomic E-state index is 0.0636. The summed E-state index contributed by atoms with van der Waals surface area (Å²) in [6, 6.07) is 12.2. The van der Waals surface area contributed by atoms with Gasteiger partial charge in [0.1, 0.15) is 11.6 Å². The summed E-state index contributed by atoms with van der Waals surface area (Å²) in [4.78, 5) is 12.1. The molecule has 23 heavy (non-hydrogen) atoms. The predicted octanol–water partition coefficient (Wildman–Crippen LogP) is 3.25. The third kappa shape index (κ3) is 5.14. The fraction of sp³-hybridized carbons (Fsp3) is 0.278. The van der Waals surface area contributed by atoms with E-state index in [0.29, 0.717) is 6.42 Å². The molecule has 0 aromatic heterocycles. The van der Waals surface area contributed by atoms with Gasteiger partial charge in [-0.25, -0.2) is 8.78 Å². The van der Waals surface area contributed by atoms with Crippen molar-refractivity contribution in [2.45, 2.75) is 25.4 Å². The first-order valence-corrected chi connectivity index (χ1v) is 7.43. The van der Waals surface area contributed by atoms with Crippen molar-refractivity contribution in [2.24, 2.45) is 0 Å². The molecule has 2 aromatic rings. The average molecular weight is 319 g/mol. The van der Waals surface area contributed by atoms with Crippen LogP contribution in [0.15, 0.2) is 48.5 Å². The third-order valence-electron chi connectivity index (χ3n) is 3.53. The normalized spacial score (nSPS) is 13.4. The summed E-state index contributed by atoms with van der Waals surface area (Å²) in [6.07, 6.45) is -0.0503. The fourth-order valence-electron chi connectivity index (χ4n) is 2.48. The average Bonchev–Trinajstić information content (AvgIpc) is 2.50. The van der Waals surface area contributed by atoms with E-state index >= 15 is 0 Å². The monoisotopic (exact) mass is 319 g/mol. The highest BCUT2D eigenvalue weighted by Gasteiger charge is 2.16. The van der Waals surface area contributed by atoms with Crippen molar-refractivity contribution in [1.29, 1.82) is 0 Å². The maximum absolute atomic E-state index is 13.2. The van der Waals surface area contributed by atoms with E-state index in [9.17, 15) is 18.7 Å². The lowest BCUT2D eigenvalue weighted by Crippen LogP contribution is -2.29. The number of rotatable bonds is 6. The number of halogens is 2. The molecule has 0 aliphatic rings. The molecule has 5 heteroatoms. The molecule has 2 atom stereocenters. The first kappa shape index (κ1) is 17.1. The largest absolute Gasteiger partial charge is 0.393 e. The van der Waals surface area contributed by atoms with Crippen molar-refractivity contribution in [3.8, 4) is 0 Å². The van der Waals surface area contributed by atoms with Crippen molar-refractivity contribution in [3.63, 3.8) is 0 Å². The van der Waals surface area contributed by atoms with Gasteiger partial charge in [-0.05, 0) is 31.0 Å². The number of carbonyl (C=O) groups excluding carboxylic acids is 1. The van der Waals surface area contributed by atoms with E-state index in [2.05, 4.69) is 5.32 Å². The highest BCUT2D eigenvalue weighted by atomic mass is 19.1. The summed E-state index contributed by atoms with van der Waals surface area (Å²) in [5.74, 6) is -2.22. The molecule has 0 heterocycles. The van der Waals surface area contributed by atoms with Crippen LogP contribution in [0, 0.1) is 11.6 Å². The van der Waals surface area contributed by atoms with Gasteiger partial charge >= 0.3 is 0 Å². The van der Waals surface area contributed by atoms with Crippen LogP contribution in [0.5, 0.6) is 0 Å². The second kappa shape index (κ2) is 7.83. The van der Waals surface area contributed by atoms with Crippen LogP contribution in [-0.2, 0) is 0 Å². The Kier molecular flexibility index (Phi) is 5.82. The second-order valence-corrected chi connectivity index (χ2v) is 5.56. The number of amides is 1. The lowest BCUT2D eigenvalue weighted by molar-refractivity contribution is 0.0944. The zero-order valence-electron chi connectivity index (χ0n) is 12.8. The van der Waals surface area contributed by atoms with Crippen LogP contribution in [0.3, 0.4) is 0 Å². The molecule has 0 spiro atoms. The Hall–Kier alpha value is -2.27. The minimum atomic E-state index is -0.793. The van der Waals surface area contributed by atoms with Gasteiger partial charge in [0.2, 0.25) is 0 Å². The van der Waals surface area contributed by atoms with Gasteiger partial charge in [0.05, 0.1) is 6.10 Å². The number of benzene rings is 2. The molecule has 2 N–H and O–H groups in total. The molecule has 0 bridgehead atoms. The second-order valence-electron chi connectivity index (χ2n) is 5.56. The number of aliphatic hydroxyl groups excluding tert-OH is 1. The Labute approximate surface area is 134 Å². The van der Waals surface area contributed by atoms with E-state index < -0.39 is 23.6 Å². The molecule has 0 aliphatic carbocycles. The molecule has 122 valence electrons. The van der Waals surface area contributed by atoms with Crippen molar-refractivity contribution in [3.05, 3.63) is 71.3 Å². The molecule has 0 radical (unpaired) electrons. The Morgan fingerprint density at radius 1 is 1.13 bits per heavy atom. The summed E-state index contributed by atoms with van der Waals surface area (Å²) in [5.41, 5.74) is 0.922. The lowest BCUT2D eigenvalue weighted by atomic mass is 9.93. The van der Waals surface area contributed by atoms with Crippen LogP contribution in [0.1, 0.15) is 35.2 Å². The fourth-order valence-corrected chi connectivity index (χ4v) is 2.48. The van der Waals surface area contributed by atoms with E-state index in [1.54, 1.807) is 6.92 Å². The molecule has 0 unspecified atom stereocenters. The first-order valence-electron chi connectivity index (χ1n) is 7.43. The molecule has 0 fully saturated rings. The molecule has 2 aromatic carbocycles. The van der Waals surface area contributed by atoms with E-state index in [1.165, 1.54) is 0 Å². The molecule has 1 amide bonds. The van der Waals surface area contributed by atoms with Gasteiger partial charge < -0.3 is 10.4 Å². The number of carbonyl (C=O) groups is 1. The van der Waals surface area contributed by atoms with Crippen LogP contribution in [0.2, 0.25) is 0 Å². The summed E-state index contributed by atoms with van der Waals surface area (Å²) in [6.45, 7) is 1.95. The predicted molar refractivity (Wildman–Crippen MR) is 84.2 cm³/mol. The zero-order valence-corrected chi connectivity index (χ0v) is 12.8. The van der Waals surface area contributed by atoms with Crippen molar-refractivity contribution in [1.82, 2.24) is 5.32 Å². The van der Waals surface area contributed by atoms with Crippen molar-refractivity contribution >= 4 is 5.91 Å². The molecule has 0 saturated carbocycles. The van der Waals surface area contributed by atoms with Gasteiger partial charge in [-0.1, -0.05) is 30.3 Å². The number of hydrogen-bond donors (Lipinski definition) is 2. The van der Waals surface area contributed by atoms with E-state index in [0.717, 1.165) is 23.8 Å². The molecular formula is C18H19F2NO2. The topological polar surface area (TPSA) is 49.3 Å². The van der Waals surface area contributed by atoms with Crippen LogP contribution >= 0.6 is 0 Å². The Balaban J connectivity index is 2.07. The summed E-state index contributed by atoms with van der Waals surface area (Å²) in [5, 5.41) is 12.3. The molecular weight excluding hydrogens is 300 g/mol. The Morgan fingerprint density at radius 3 is 2.30 bits per heavy atom. The number of nitrogens with one attached hydrogen (secondary N) is 1. The Bertz CT molecular complexity index is 639. The van der Waals surface area contributed by atoms with Gasteiger partial charge in [0.25, 0.3) is 5.91 Å². The summed E-state index contributed by atoms with van der Waals surface area (Å²) >= 11 is 0. The van der Waals surface area contributed by atoms with E-state index in [-0.39, 0.29) is 18.0 Å². The maximum Gasteiger partial charge on any atom is 0.251 e. The summed E-state index contributed by atoms with van der Waals surface area (Å²) < 4.78 is 26.3. The zero-order chi connectivity index (χ0) is 16.8. The third-order valence-corrected chi connectivity index (χ3v) is 3.53. The maximum atomic E-state index is 13.2. The summed E-state index contributed by atoms with van der Waals surface area (Å²) in [7, 11) is 0. The standard InChI is InChI=1S/C18H19F2NO2/c1-12(22)7-15(13-5-3-2-4-6-13)11-21-18(23)14-8-16(19)10-17(20)9-14/h2-6,8-10,12,15,22H,7,11H2,1H3,(H,21,23)/t12-,15+/m1/s1. The highest BCUT2D eigenvalue weighted by molar-refractivity contribution is 5.94. The SMILES string of the molecule is C[C@@H](O)C[C@@H](CNC(=O)c1cc(F)cc(F)c1)c1ccccc1. The van der Waals surface area contributed by atoms with Gasteiger partial charge in [-0.3, -0.25) is 4.79 Å². The number of aliphatic hydroxyl groups is 1. The van der Waals surface area contributed by atoms with Crippen molar-refractivity contribution < 1.29 is 18.7 Å². The highest BCUT2D eigenvalue weighted by Crippen LogP contribution is 2.20. The van der Waals surface area contributed by atoms with Gasteiger partial charge in [-0.2, -0.15) is 0 Å². The quantitative estimate of drug-likeness (QED) is 0.859. The lowest BCUT2D eigenvalue weighted by Gasteiger charge is -2.19. The molecule has 2 rings (SSSR count). The van der Waals surface area contributed by atoms with Crippen molar-refractivity contribution in [2.75, 3.05) is 6.54 Å². The van der Waals surface area contributed by atoms with E-state index in [4.69, 9.17) is 0 Å². The van der Waals surface area contributed by atoms with Crippen LogP contribution in [-0.4, -0.2) is 23.7 Å². The van der Waals surface area contributed by atoms with Crippen LogP contribution < -0.4 is 5.32 Å².